The Morgan fingerprint density at radius 1 is 1.30 bits per heavy atom. The summed E-state index contributed by atoms with van der Waals surface area (Å²) in [7, 11) is 0. The first kappa shape index (κ1) is 15.8. The molecule has 23 heavy (non-hydrogen) atoms. The number of hydrogen-bond acceptors (Lipinski definition) is 2. The molecule has 0 aromatic rings. The highest BCUT2D eigenvalue weighted by Gasteiger charge is 2.63. The Labute approximate surface area is 138 Å². The van der Waals surface area contributed by atoms with Gasteiger partial charge in [-0.1, -0.05) is 19.4 Å². The molecule has 4 aliphatic rings. The lowest BCUT2D eigenvalue weighted by molar-refractivity contribution is -0.135. The minimum atomic E-state index is -1.11. The summed E-state index contributed by atoms with van der Waals surface area (Å²) < 4.78 is 13.6. The molecule has 3 saturated carbocycles. The van der Waals surface area contributed by atoms with Gasteiger partial charge in [0.05, 0.1) is 5.60 Å². The lowest BCUT2D eigenvalue weighted by Gasteiger charge is -2.57. The molecule has 2 nitrogen and oxygen atoms in total. The number of allylic oxidation sites excluding steroid dienone is 1. The van der Waals surface area contributed by atoms with Crippen molar-refractivity contribution in [1.29, 1.82) is 0 Å². The molecule has 0 amide bonds. The quantitative estimate of drug-likeness (QED) is 0.790. The number of rotatable bonds is 1. The zero-order chi connectivity index (χ0) is 16.4. The first-order valence-corrected chi connectivity index (χ1v) is 9.41. The molecule has 0 aromatic carbocycles. The molecule has 0 spiro atoms. The highest BCUT2D eigenvalue weighted by molar-refractivity contribution is 5.91. The molecule has 4 rings (SSSR count). The van der Waals surface area contributed by atoms with Crippen LogP contribution in [0.3, 0.4) is 0 Å². The van der Waals surface area contributed by atoms with Gasteiger partial charge in [0.2, 0.25) is 0 Å². The van der Waals surface area contributed by atoms with E-state index in [4.69, 9.17) is 0 Å². The van der Waals surface area contributed by atoms with E-state index in [1.165, 1.54) is 5.57 Å². The molecule has 0 bridgehead atoms. The van der Waals surface area contributed by atoms with E-state index < -0.39 is 12.3 Å². The van der Waals surface area contributed by atoms with Crippen molar-refractivity contribution in [2.75, 3.05) is 6.67 Å². The van der Waals surface area contributed by atoms with Gasteiger partial charge in [-0.2, -0.15) is 0 Å². The molecule has 3 fully saturated rings. The topological polar surface area (TPSA) is 37.3 Å². The first-order chi connectivity index (χ1) is 10.9. The Kier molecular flexibility index (Phi) is 3.54. The molecular formula is C20H29FO2. The molecule has 0 aromatic heterocycles. The van der Waals surface area contributed by atoms with Crippen molar-refractivity contribution in [2.45, 2.75) is 64.4 Å². The van der Waals surface area contributed by atoms with Crippen LogP contribution in [0.15, 0.2) is 11.6 Å². The van der Waals surface area contributed by atoms with Crippen LogP contribution >= 0.6 is 0 Å². The van der Waals surface area contributed by atoms with Crippen molar-refractivity contribution in [3.63, 3.8) is 0 Å². The molecule has 7 atom stereocenters. The molecule has 0 aliphatic heterocycles. The summed E-state index contributed by atoms with van der Waals surface area (Å²) in [6.07, 6.45) is 8.26. The van der Waals surface area contributed by atoms with E-state index in [1.54, 1.807) is 0 Å². The number of carbonyl (C=O) groups excluding carboxylic acids is 1. The maximum absolute atomic E-state index is 13.6. The van der Waals surface area contributed by atoms with Crippen LogP contribution in [-0.2, 0) is 4.79 Å². The van der Waals surface area contributed by atoms with Crippen LogP contribution < -0.4 is 0 Å². The van der Waals surface area contributed by atoms with Gasteiger partial charge < -0.3 is 5.11 Å². The summed E-state index contributed by atoms with van der Waals surface area (Å²) in [5.74, 6) is 3.08. The third-order valence-corrected chi connectivity index (χ3v) is 8.18. The lowest BCUT2D eigenvalue weighted by atomic mass is 9.48. The van der Waals surface area contributed by atoms with E-state index in [2.05, 4.69) is 13.8 Å². The Bertz CT molecular complexity index is 556. The van der Waals surface area contributed by atoms with E-state index in [0.717, 1.165) is 32.1 Å². The van der Waals surface area contributed by atoms with E-state index >= 15 is 0 Å². The van der Waals surface area contributed by atoms with Crippen molar-refractivity contribution < 1.29 is 14.3 Å². The van der Waals surface area contributed by atoms with Crippen LogP contribution in [0.5, 0.6) is 0 Å². The SMILES string of the molecule is C[C@@H]1CC2=CC(=O)CC[C@@H]2C2CC[C@@]3(C)C(CC[C@@]3(O)CF)C21. The third-order valence-electron chi connectivity index (χ3n) is 8.18. The van der Waals surface area contributed by atoms with Crippen LogP contribution in [0, 0.1) is 35.0 Å². The molecule has 1 N–H and O–H groups in total. The van der Waals surface area contributed by atoms with Gasteiger partial charge in [-0.25, -0.2) is 4.39 Å². The van der Waals surface area contributed by atoms with Crippen molar-refractivity contribution in [3.05, 3.63) is 11.6 Å². The van der Waals surface area contributed by atoms with Crippen LogP contribution in [0.1, 0.15) is 58.8 Å². The normalized spacial score (nSPS) is 52.4. The summed E-state index contributed by atoms with van der Waals surface area (Å²) >= 11 is 0. The Balaban J connectivity index is 1.68. The van der Waals surface area contributed by atoms with Crippen molar-refractivity contribution >= 4 is 5.78 Å². The molecule has 3 unspecified atom stereocenters. The van der Waals surface area contributed by atoms with Crippen LogP contribution in [-0.4, -0.2) is 23.2 Å². The fourth-order valence-electron chi connectivity index (χ4n) is 6.92. The van der Waals surface area contributed by atoms with Gasteiger partial charge in [0.15, 0.2) is 5.78 Å². The molecular weight excluding hydrogens is 291 g/mol. The fraction of sp³-hybridized carbons (Fsp3) is 0.850. The third kappa shape index (κ3) is 2.04. The number of ketones is 1. The maximum atomic E-state index is 13.6. The Morgan fingerprint density at radius 3 is 2.83 bits per heavy atom. The van der Waals surface area contributed by atoms with Crippen LogP contribution in [0.2, 0.25) is 0 Å². The molecule has 4 aliphatic carbocycles. The van der Waals surface area contributed by atoms with E-state index in [1.807, 2.05) is 6.08 Å². The van der Waals surface area contributed by atoms with Gasteiger partial charge in [0.1, 0.15) is 6.67 Å². The van der Waals surface area contributed by atoms with Crippen molar-refractivity contribution in [2.24, 2.45) is 35.0 Å². The monoisotopic (exact) mass is 320 g/mol. The maximum Gasteiger partial charge on any atom is 0.155 e. The van der Waals surface area contributed by atoms with Gasteiger partial charge in [0.25, 0.3) is 0 Å². The smallest absolute Gasteiger partial charge is 0.155 e. The average molecular weight is 320 g/mol. The number of carbonyl (C=O) groups is 1. The highest BCUT2D eigenvalue weighted by atomic mass is 19.1. The van der Waals surface area contributed by atoms with Gasteiger partial charge in [0, 0.05) is 11.8 Å². The molecule has 0 radical (unpaired) electrons. The molecule has 0 saturated heterocycles. The van der Waals surface area contributed by atoms with Crippen LogP contribution in [0.25, 0.3) is 0 Å². The van der Waals surface area contributed by atoms with Gasteiger partial charge in [-0.05, 0) is 74.2 Å². The summed E-state index contributed by atoms with van der Waals surface area (Å²) in [5, 5.41) is 10.9. The summed E-state index contributed by atoms with van der Waals surface area (Å²) in [6.45, 7) is 3.85. The molecule has 128 valence electrons. The number of alkyl halides is 1. The van der Waals surface area contributed by atoms with Gasteiger partial charge in [-0.3, -0.25) is 4.79 Å². The van der Waals surface area contributed by atoms with E-state index in [-0.39, 0.29) is 5.41 Å². The highest BCUT2D eigenvalue weighted by Crippen LogP contribution is 2.65. The zero-order valence-corrected chi connectivity index (χ0v) is 14.4. The standard InChI is InChI=1S/C20H29FO2/c1-12-9-13-10-14(22)3-4-15(13)16-5-7-19(2)17(18(12)16)6-8-20(19,23)11-21/h10,12,15-18,23H,3-9,11H2,1-2H3/t12-,15+,16?,17?,18?,19+,20-/m1/s1. The largest absolute Gasteiger partial charge is 0.387 e. The van der Waals surface area contributed by atoms with Crippen LogP contribution in [0.4, 0.5) is 4.39 Å². The van der Waals surface area contributed by atoms with Crippen molar-refractivity contribution in [1.82, 2.24) is 0 Å². The minimum absolute atomic E-state index is 0.261. The molecule has 3 heteroatoms. The Hall–Kier alpha value is -0.700. The number of halogens is 1. The van der Waals surface area contributed by atoms with Crippen molar-refractivity contribution in [3.8, 4) is 0 Å². The van der Waals surface area contributed by atoms with E-state index in [9.17, 15) is 14.3 Å². The average Bonchev–Trinajstić information content (AvgIpc) is 2.79. The predicted octanol–water partition coefficient (Wildman–Crippen LogP) is 4.07. The number of hydrogen-bond donors (Lipinski definition) is 1. The summed E-state index contributed by atoms with van der Waals surface area (Å²) in [4.78, 5) is 11.8. The van der Waals surface area contributed by atoms with E-state index in [0.29, 0.717) is 48.2 Å². The molecule has 0 heterocycles. The fourth-order valence-corrected chi connectivity index (χ4v) is 6.92. The second-order valence-electron chi connectivity index (χ2n) is 9.02. The minimum Gasteiger partial charge on any atom is -0.387 e. The second-order valence-corrected chi connectivity index (χ2v) is 9.02. The Morgan fingerprint density at radius 2 is 2.09 bits per heavy atom. The second kappa shape index (κ2) is 5.15. The summed E-state index contributed by atoms with van der Waals surface area (Å²) in [5.41, 5.74) is 0.0153. The summed E-state index contributed by atoms with van der Waals surface area (Å²) in [6, 6.07) is 0. The number of aliphatic hydroxyl groups is 1. The van der Waals surface area contributed by atoms with Gasteiger partial charge in [-0.15, -0.1) is 0 Å². The zero-order valence-electron chi connectivity index (χ0n) is 14.4. The lowest BCUT2D eigenvalue weighted by Crippen LogP contribution is -2.55. The number of fused-ring (bicyclic) bond motifs is 5. The van der Waals surface area contributed by atoms with Gasteiger partial charge >= 0.3 is 0 Å². The first-order valence-electron chi connectivity index (χ1n) is 9.41. The predicted molar refractivity (Wildman–Crippen MR) is 87.6 cm³/mol.